The van der Waals surface area contributed by atoms with Crippen LogP contribution in [0.3, 0.4) is 0 Å². The molecular weight excluding hydrogens is 332 g/mol. The molecule has 1 aliphatic rings. The highest BCUT2D eigenvalue weighted by atomic mass is 35.5. The average Bonchev–Trinajstić information content (AvgIpc) is 3.17. The fourth-order valence-electron chi connectivity index (χ4n) is 2.61. The van der Waals surface area contributed by atoms with Crippen molar-refractivity contribution in [2.24, 2.45) is 5.92 Å². The first-order chi connectivity index (χ1) is 10.9. The van der Waals surface area contributed by atoms with Crippen molar-refractivity contribution in [2.45, 2.75) is 45.6 Å². The lowest BCUT2D eigenvalue weighted by atomic mass is 10.0. The molecule has 1 atom stereocenters. The molecule has 1 aliphatic heterocycles. The zero-order valence-electron chi connectivity index (χ0n) is 14.5. The van der Waals surface area contributed by atoms with Crippen LogP contribution in [0.25, 0.3) is 0 Å². The van der Waals surface area contributed by atoms with Crippen LogP contribution in [0.5, 0.6) is 0 Å². The van der Waals surface area contributed by atoms with E-state index in [1.807, 2.05) is 0 Å². The summed E-state index contributed by atoms with van der Waals surface area (Å²) in [4.78, 5) is 24.0. The number of hydrogen-bond donors (Lipinski definition) is 2. The lowest BCUT2D eigenvalue weighted by molar-refractivity contribution is -0.152. The summed E-state index contributed by atoms with van der Waals surface area (Å²) in [7, 11) is 0. The van der Waals surface area contributed by atoms with Crippen molar-refractivity contribution < 1.29 is 14.3 Å². The van der Waals surface area contributed by atoms with Gasteiger partial charge in [-0.15, -0.1) is 12.4 Å². The van der Waals surface area contributed by atoms with Gasteiger partial charge in [-0.25, -0.2) is 4.79 Å². The van der Waals surface area contributed by atoms with Crippen molar-refractivity contribution in [2.75, 3.05) is 25.0 Å². The highest BCUT2D eigenvalue weighted by Gasteiger charge is 2.32. The van der Waals surface area contributed by atoms with E-state index in [1.54, 1.807) is 33.2 Å². The summed E-state index contributed by atoms with van der Waals surface area (Å²) in [6.45, 7) is 7.60. The fraction of sp³-hybridized carbons (Fsp3) is 0.688. The molecule has 0 aromatic carbocycles. The van der Waals surface area contributed by atoms with E-state index in [-0.39, 0.29) is 24.3 Å². The highest BCUT2D eigenvalue weighted by molar-refractivity contribution is 5.90. The van der Waals surface area contributed by atoms with Gasteiger partial charge in [-0.2, -0.15) is 5.10 Å². The lowest BCUT2D eigenvalue weighted by Crippen LogP contribution is -2.37. The van der Waals surface area contributed by atoms with Gasteiger partial charge >= 0.3 is 5.97 Å². The Morgan fingerprint density at radius 2 is 2.25 bits per heavy atom. The Hall–Kier alpha value is -1.60. The Morgan fingerprint density at radius 3 is 2.88 bits per heavy atom. The Morgan fingerprint density at radius 1 is 1.50 bits per heavy atom. The molecular formula is C16H27ClN4O3. The number of nitrogens with zero attached hydrogens (tertiary/aromatic N) is 2. The second kappa shape index (κ2) is 9.03. The number of aromatic nitrogens is 2. The molecule has 1 aromatic rings. The standard InChI is InChI=1S/C16H26N4O3.ClH/c1-4-23-15(22)16(2,3)20-11-13(10-18-20)19-14(21)6-5-12-7-8-17-9-12;/h10-12,17H,4-9H2,1-3H3,(H,19,21);1H. The first kappa shape index (κ1) is 20.4. The number of carbonyl (C=O) groups excluding carboxylic acids is 2. The molecule has 2 N–H and O–H groups in total. The molecule has 0 saturated carbocycles. The molecule has 24 heavy (non-hydrogen) atoms. The van der Waals surface area contributed by atoms with Gasteiger partial charge in [0.25, 0.3) is 0 Å². The largest absolute Gasteiger partial charge is 0.464 e. The summed E-state index contributed by atoms with van der Waals surface area (Å²) >= 11 is 0. The monoisotopic (exact) mass is 358 g/mol. The van der Waals surface area contributed by atoms with Crippen molar-refractivity contribution >= 4 is 30.0 Å². The Balaban J connectivity index is 0.00000288. The highest BCUT2D eigenvalue weighted by Crippen LogP contribution is 2.20. The summed E-state index contributed by atoms with van der Waals surface area (Å²) in [5.41, 5.74) is -0.314. The van der Waals surface area contributed by atoms with Gasteiger partial charge in [0.15, 0.2) is 5.54 Å². The number of carbonyl (C=O) groups is 2. The predicted octanol–water partition coefficient (Wildman–Crippen LogP) is 1.93. The van der Waals surface area contributed by atoms with Gasteiger partial charge < -0.3 is 15.4 Å². The Bertz CT molecular complexity index is 553. The van der Waals surface area contributed by atoms with Gasteiger partial charge in [0.05, 0.1) is 18.5 Å². The van der Waals surface area contributed by atoms with E-state index in [1.165, 1.54) is 4.68 Å². The van der Waals surface area contributed by atoms with E-state index in [2.05, 4.69) is 15.7 Å². The minimum absolute atomic E-state index is 0. The molecule has 1 aromatic heterocycles. The molecule has 7 nitrogen and oxygen atoms in total. The summed E-state index contributed by atoms with van der Waals surface area (Å²) < 4.78 is 6.57. The van der Waals surface area contributed by atoms with Crippen LogP contribution < -0.4 is 10.6 Å². The second-order valence-corrected chi connectivity index (χ2v) is 6.40. The van der Waals surface area contributed by atoms with E-state index in [9.17, 15) is 9.59 Å². The summed E-state index contributed by atoms with van der Waals surface area (Å²) in [5.74, 6) is 0.214. The normalized spacial score (nSPS) is 17.2. The maximum Gasteiger partial charge on any atom is 0.333 e. The van der Waals surface area contributed by atoms with Crippen molar-refractivity contribution in [1.82, 2.24) is 15.1 Å². The van der Waals surface area contributed by atoms with Gasteiger partial charge in [0.1, 0.15) is 0 Å². The number of hydrogen-bond acceptors (Lipinski definition) is 5. The first-order valence-corrected chi connectivity index (χ1v) is 8.16. The summed E-state index contributed by atoms with van der Waals surface area (Å²) in [6, 6.07) is 0. The lowest BCUT2D eigenvalue weighted by Gasteiger charge is -2.22. The van der Waals surface area contributed by atoms with Crippen LogP contribution in [0.15, 0.2) is 12.4 Å². The van der Waals surface area contributed by atoms with Gasteiger partial charge in [-0.05, 0) is 52.6 Å². The maximum absolute atomic E-state index is 12.0. The van der Waals surface area contributed by atoms with E-state index in [4.69, 9.17) is 4.74 Å². The van der Waals surface area contributed by atoms with Gasteiger partial charge in [-0.1, -0.05) is 0 Å². The third kappa shape index (κ3) is 5.21. The number of ether oxygens (including phenoxy) is 1. The van der Waals surface area contributed by atoms with Gasteiger partial charge in [0, 0.05) is 12.6 Å². The van der Waals surface area contributed by atoms with E-state index >= 15 is 0 Å². The van der Waals surface area contributed by atoms with Crippen molar-refractivity contribution in [3.63, 3.8) is 0 Å². The molecule has 136 valence electrons. The molecule has 8 heteroatoms. The second-order valence-electron chi connectivity index (χ2n) is 6.40. The number of halogens is 1. The van der Waals surface area contributed by atoms with Crippen LogP contribution in [0.1, 0.15) is 40.0 Å². The number of anilines is 1. The van der Waals surface area contributed by atoms with E-state index in [0.29, 0.717) is 24.6 Å². The number of nitrogens with one attached hydrogen (secondary N) is 2. The zero-order valence-corrected chi connectivity index (χ0v) is 15.3. The zero-order chi connectivity index (χ0) is 16.9. The van der Waals surface area contributed by atoms with Crippen LogP contribution in [0.2, 0.25) is 0 Å². The van der Waals surface area contributed by atoms with Crippen LogP contribution in [-0.4, -0.2) is 41.4 Å². The Kier molecular flexibility index (Phi) is 7.69. The van der Waals surface area contributed by atoms with E-state index < -0.39 is 5.54 Å². The fourth-order valence-corrected chi connectivity index (χ4v) is 2.61. The first-order valence-electron chi connectivity index (χ1n) is 8.16. The molecule has 1 fully saturated rings. The quantitative estimate of drug-likeness (QED) is 0.727. The third-order valence-corrected chi connectivity index (χ3v) is 4.16. The SMILES string of the molecule is CCOC(=O)C(C)(C)n1cc(NC(=O)CCC2CCNC2)cn1.Cl. The molecule has 1 unspecified atom stereocenters. The summed E-state index contributed by atoms with van der Waals surface area (Å²) in [5, 5.41) is 10.3. The van der Waals surface area contributed by atoms with Gasteiger partial charge in [-0.3, -0.25) is 9.48 Å². The molecule has 2 heterocycles. The van der Waals surface area contributed by atoms with Crippen LogP contribution in [0, 0.1) is 5.92 Å². The number of amides is 1. The molecule has 1 saturated heterocycles. The predicted molar refractivity (Wildman–Crippen MR) is 94.3 cm³/mol. The molecule has 0 spiro atoms. The third-order valence-electron chi connectivity index (χ3n) is 4.16. The molecule has 0 bridgehead atoms. The van der Waals surface area contributed by atoms with E-state index in [0.717, 1.165) is 25.9 Å². The summed E-state index contributed by atoms with van der Waals surface area (Å²) in [6.07, 6.45) is 5.74. The van der Waals surface area contributed by atoms with Crippen molar-refractivity contribution in [3.05, 3.63) is 12.4 Å². The van der Waals surface area contributed by atoms with Crippen LogP contribution in [-0.2, 0) is 19.9 Å². The maximum atomic E-state index is 12.0. The van der Waals surface area contributed by atoms with Crippen molar-refractivity contribution in [3.8, 4) is 0 Å². The Labute approximate surface area is 148 Å². The molecule has 0 radical (unpaired) electrons. The minimum atomic E-state index is -0.908. The molecule has 2 rings (SSSR count). The average molecular weight is 359 g/mol. The smallest absolute Gasteiger partial charge is 0.333 e. The van der Waals surface area contributed by atoms with Gasteiger partial charge in [0.2, 0.25) is 5.91 Å². The number of esters is 1. The molecule has 1 amide bonds. The van der Waals surface area contributed by atoms with Crippen molar-refractivity contribution in [1.29, 1.82) is 0 Å². The topological polar surface area (TPSA) is 85.2 Å². The minimum Gasteiger partial charge on any atom is -0.464 e. The number of rotatable bonds is 7. The molecule has 0 aliphatic carbocycles. The van der Waals surface area contributed by atoms with Crippen LogP contribution >= 0.6 is 12.4 Å². The van der Waals surface area contributed by atoms with Crippen LogP contribution in [0.4, 0.5) is 5.69 Å².